The molecule has 0 aromatic heterocycles. The van der Waals surface area contributed by atoms with Crippen molar-refractivity contribution in [1.29, 1.82) is 0 Å². The van der Waals surface area contributed by atoms with E-state index in [1.807, 2.05) is 62.3 Å². The van der Waals surface area contributed by atoms with Crippen molar-refractivity contribution in [2.75, 3.05) is 25.7 Å². The van der Waals surface area contributed by atoms with Crippen molar-refractivity contribution in [3.8, 4) is 11.5 Å². The van der Waals surface area contributed by atoms with Crippen molar-refractivity contribution in [2.45, 2.75) is 45.2 Å². The van der Waals surface area contributed by atoms with E-state index in [0.717, 1.165) is 34.7 Å². The number of ether oxygens (including phenoxy) is 2. The van der Waals surface area contributed by atoms with Crippen LogP contribution in [-0.2, 0) is 6.54 Å². The van der Waals surface area contributed by atoms with Gasteiger partial charge in [-0.1, -0.05) is 25.0 Å². The first-order valence-corrected chi connectivity index (χ1v) is 10.8. The van der Waals surface area contributed by atoms with Gasteiger partial charge in [0.25, 0.3) is 0 Å². The number of nitrogens with zero attached hydrogens (tertiary/aromatic N) is 2. The normalized spacial score (nSPS) is 20.1. The van der Waals surface area contributed by atoms with Gasteiger partial charge in [-0.3, -0.25) is 9.69 Å². The Balaban J connectivity index is 1.43. The molecule has 0 bridgehead atoms. The number of rotatable bonds is 3. The fourth-order valence-electron chi connectivity index (χ4n) is 4.79. The SMILES string of the molecule is Cc1c2c(cc3c1O/C(=C\c1ccc(N(C)C)cc1)C3=O)CN(C1CCCC1)CO2. The van der Waals surface area contributed by atoms with E-state index in [1.165, 1.54) is 25.7 Å². The molecule has 0 saturated heterocycles. The molecule has 5 heteroatoms. The summed E-state index contributed by atoms with van der Waals surface area (Å²) in [5, 5.41) is 0. The smallest absolute Gasteiger partial charge is 0.231 e. The molecule has 2 heterocycles. The molecular formula is C25H28N2O3. The lowest BCUT2D eigenvalue weighted by atomic mass is 9.99. The third-order valence-corrected chi connectivity index (χ3v) is 6.51. The molecule has 0 unspecified atom stereocenters. The minimum absolute atomic E-state index is 0.0504. The molecule has 0 N–H and O–H groups in total. The minimum atomic E-state index is -0.0504. The molecule has 2 aliphatic heterocycles. The predicted octanol–water partition coefficient (Wildman–Crippen LogP) is 4.77. The van der Waals surface area contributed by atoms with Gasteiger partial charge in [0.15, 0.2) is 5.76 Å². The number of ketones is 1. The van der Waals surface area contributed by atoms with E-state index in [0.29, 0.717) is 29.8 Å². The molecule has 5 rings (SSSR count). The van der Waals surface area contributed by atoms with Gasteiger partial charge in [-0.2, -0.15) is 0 Å². The van der Waals surface area contributed by atoms with E-state index in [9.17, 15) is 4.79 Å². The number of carbonyl (C=O) groups is 1. The molecule has 0 amide bonds. The molecule has 0 atom stereocenters. The van der Waals surface area contributed by atoms with Crippen LogP contribution in [0.1, 0.15) is 52.7 Å². The Morgan fingerprint density at radius 2 is 1.83 bits per heavy atom. The van der Waals surface area contributed by atoms with Crippen LogP contribution < -0.4 is 14.4 Å². The zero-order chi connectivity index (χ0) is 20.8. The third kappa shape index (κ3) is 3.27. The van der Waals surface area contributed by atoms with E-state index < -0.39 is 0 Å². The van der Waals surface area contributed by atoms with Crippen molar-refractivity contribution < 1.29 is 14.3 Å². The maximum atomic E-state index is 13.1. The van der Waals surface area contributed by atoms with Crippen LogP contribution in [0.15, 0.2) is 36.1 Å². The lowest BCUT2D eigenvalue weighted by Gasteiger charge is -2.34. The Bertz CT molecular complexity index is 1020. The monoisotopic (exact) mass is 404 g/mol. The molecule has 30 heavy (non-hydrogen) atoms. The molecule has 1 fully saturated rings. The number of hydrogen-bond acceptors (Lipinski definition) is 5. The average molecular weight is 405 g/mol. The zero-order valence-corrected chi connectivity index (χ0v) is 17.9. The first kappa shape index (κ1) is 19.2. The Labute approximate surface area is 177 Å². The zero-order valence-electron chi connectivity index (χ0n) is 17.9. The van der Waals surface area contributed by atoms with Gasteiger partial charge in [-0.05, 0) is 49.6 Å². The summed E-state index contributed by atoms with van der Waals surface area (Å²) >= 11 is 0. The molecule has 2 aromatic carbocycles. The molecule has 156 valence electrons. The van der Waals surface area contributed by atoms with E-state index in [2.05, 4.69) is 4.90 Å². The predicted molar refractivity (Wildman–Crippen MR) is 118 cm³/mol. The van der Waals surface area contributed by atoms with Crippen LogP contribution >= 0.6 is 0 Å². The van der Waals surface area contributed by atoms with Crippen molar-refractivity contribution in [1.82, 2.24) is 4.90 Å². The molecular weight excluding hydrogens is 376 g/mol. The average Bonchev–Trinajstić information content (AvgIpc) is 3.38. The second kappa shape index (κ2) is 7.47. The fraction of sp³-hybridized carbons (Fsp3) is 0.400. The molecule has 1 aliphatic carbocycles. The second-order valence-electron chi connectivity index (χ2n) is 8.75. The van der Waals surface area contributed by atoms with E-state index in [-0.39, 0.29) is 5.78 Å². The highest BCUT2D eigenvalue weighted by Gasteiger charge is 2.35. The Kier molecular flexibility index (Phi) is 4.78. The number of allylic oxidation sites excluding steroid dienone is 1. The summed E-state index contributed by atoms with van der Waals surface area (Å²) in [4.78, 5) is 17.6. The standard InChI is InChI=1S/C25H28N2O3/c1-16-24-18(14-27(15-29-24)20-6-4-5-7-20)13-21-23(28)22(30-25(16)21)12-17-8-10-19(11-9-17)26(2)3/h8-13,20H,4-7,14-15H2,1-3H3/b22-12-. The number of carbonyl (C=O) groups excluding carboxylic acids is 1. The van der Waals surface area contributed by atoms with Crippen molar-refractivity contribution in [3.05, 3.63) is 58.3 Å². The molecule has 2 aromatic rings. The topological polar surface area (TPSA) is 42.0 Å². The summed E-state index contributed by atoms with van der Waals surface area (Å²) in [5.41, 5.74) is 4.74. The second-order valence-corrected chi connectivity index (χ2v) is 8.75. The lowest BCUT2D eigenvalue weighted by molar-refractivity contribution is 0.0570. The fourth-order valence-corrected chi connectivity index (χ4v) is 4.79. The van der Waals surface area contributed by atoms with Gasteiger partial charge in [-0.25, -0.2) is 0 Å². The van der Waals surface area contributed by atoms with Gasteiger partial charge in [-0.15, -0.1) is 0 Å². The van der Waals surface area contributed by atoms with Gasteiger partial charge in [0.2, 0.25) is 5.78 Å². The maximum Gasteiger partial charge on any atom is 0.231 e. The van der Waals surface area contributed by atoms with Crippen molar-refractivity contribution >= 4 is 17.5 Å². The van der Waals surface area contributed by atoms with Crippen LogP contribution in [0, 0.1) is 6.92 Å². The molecule has 5 nitrogen and oxygen atoms in total. The number of fused-ring (bicyclic) bond motifs is 2. The summed E-state index contributed by atoms with van der Waals surface area (Å²) in [5.74, 6) is 1.85. The Morgan fingerprint density at radius 3 is 2.53 bits per heavy atom. The molecule has 1 saturated carbocycles. The first-order valence-electron chi connectivity index (χ1n) is 10.8. The van der Waals surface area contributed by atoms with Crippen molar-refractivity contribution in [3.63, 3.8) is 0 Å². The van der Waals surface area contributed by atoms with Gasteiger partial charge in [0.1, 0.15) is 18.2 Å². The Morgan fingerprint density at radius 1 is 1.10 bits per heavy atom. The highest BCUT2D eigenvalue weighted by molar-refractivity contribution is 6.15. The summed E-state index contributed by atoms with van der Waals surface area (Å²) in [6.07, 6.45) is 6.90. The molecule has 0 radical (unpaired) electrons. The summed E-state index contributed by atoms with van der Waals surface area (Å²) < 4.78 is 12.2. The van der Waals surface area contributed by atoms with E-state index in [1.54, 1.807) is 0 Å². The van der Waals surface area contributed by atoms with Crippen LogP contribution in [0.5, 0.6) is 11.5 Å². The molecule has 3 aliphatic rings. The van der Waals surface area contributed by atoms with Crippen LogP contribution in [0.25, 0.3) is 6.08 Å². The van der Waals surface area contributed by atoms with Gasteiger partial charge >= 0.3 is 0 Å². The van der Waals surface area contributed by atoms with Crippen LogP contribution in [0.4, 0.5) is 5.69 Å². The first-order chi connectivity index (χ1) is 14.5. The van der Waals surface area contributed by atoms with Crippen LogP contribution in [-0.4, -0.2) is 37.6 Å². The van der Waals surface area contributed by atoms with Crippen LogP contribution in [0.2, 0.25) is 0 Å². The van der Waals surface area contributed by atoms with Gasteiger partial charge in [0.05, 0.1) is 5.56 Å². The quantitative estimate of drug-likeness (QED) is 0.689. The van der Waals surface area contributed by atoms with Crippen molar-refractivity contribution in [2.24, 2.45) is 0 Å². The summed E-state index contributed by atoms with van der Waals surface area (Å²) in [7, 11) is 4.02. The largest absolute Gasteiger partial charge is 0.477 e. The third-order valence-electron chi connectivity index (χ3n) is 6.51. The number of anilines is 1. The van der Waals surface area contributed by atoms with Gasteiger partial charge < -0.3 is 14.4 Å². The highest BCUT2D eigenvalue weighted by atomic mass is 16.5. The number of Topliss-reactive ketones (excluding diaryl/α,β-unsaturated/α-hetero) is 1. The number of benzene rings is 2. The van der Waals surface area contributed by atoms with E-state index >= 15 is 0 Å². The highest BCUT2D eigenvalue weighted by Crippen LogP contribution is 2.44. The van der Waals surface area contributed by atoms with E-state index in [4.69, 9.17) is 9.47 Å². The Hall–Kier alpha value is -2.79. The summed E-state index contributed by atoms with van der Waals surface area (Å²) in [6, 6.07) is 10.7. The molecule has 0 spiro atoms. The number of hydrogen-bond donors (Lipinski definition) is 0. The lowest BCUT2D eigenvalue weighted by Crippen LogP contribution is -2.39. The maximum absolute atomic E-state index is 13.1. The minimum Gasteiger partial charge on any atom is -0.477 e. The van der Waals surface area contributed by atoms with Crippen LogP contribution in [0.3, 0.4) is 0 Å². The van der Waals surface area contributed by atoms with Gasteiger partial charge in [0, 0.05) is 43.5 Å². The summed E-state index contributed by atoms with van der Waals surface area (Å²) in [6.45, 7) is 3.45.